The van der Waals surface area contributed by atoms with Crippen LogP contribution in [-0.2, 0) is 0 Å². The molecule has 80 valence electrons. The molecule has 1 saturated heterocycles. The molecule has 0 aromatic rings. The highest BCUT2D eigenvalue weighted by molar-refractivity contribution is 8.93. The summed E-state index contributed by atoms with van der Waals surface area (Å²) in [4.78, 5) is 0. The maximum Gasteiger partial charge on any atom is 0.0818 e. The molecule has 1 heterocycles. The van der Waals surface area contributed by atoms with E-state index in [0.29, 0.717) is 8.16 Å². The maximum absolute atomic E-state index is 2.23. The summed E-state index contributed by atoms with van der Waals surface area (Å²) in [7, 11) is 8.91. The van der Waals surface area contributed by atoms with E-state index in [2.05, 4.69) is 43.2 Å². The molecule has 1 aliphatic heterocycles. The van der Waals surface area contributed by atoms with Crippen LogP contribution in [0.25, 0.3) is 0 Å². The van der Waals surface area contributed by atoms with Gasteiger partial charge in [-0.2, -0.15) is 0 Å². The first-order valence-electron chi connectivity index (χ1n) is 5.56. The Hall–Kier alpha value is 1.40. The van der Waals surface area contributed by atoms with Gasteiger partial charge >= 0.3 is 0 Å². The van der Waals surface area contributed by atoms with Gasteiger partial charge in [0, 0.05) is 0 Å². The molecule has 4 heteroatoms. The lowest BCUT2D eigenvalue weighted by Crippen LogP contribution is -2.23. The molecule has 0 aromatic carbocycles. The predicted molar refractivity (Wildman–Crippen MR) is 72.8 cm³/mol. The van der Waals surface area contributed by atoms with Crippen molar-refractivity contribution in [1.82, 2.24) is 0 Å². The van der Waals surface area contributed by atoms with Crippen LogP contribution in [0, 0.1) is 0 Å². The van der Waals surface area contributed by atoms with Crippen LogP contribution in [0.5, 0.6) is 0 Å². The lowest BCUT2D eigenvalue weighted by atomic mass is 10.4. The van der Waals surface area contributed by atoms with Crippen LogP contribution in [0.4, 0.5) is 0 Å². The molecule has 0 aromatic heterocycles. The minimum Gasteiger partial charge on any atom is -0.0739 e. The van der Waals surface area contributed by atoms with E-state index in [9.17, 15) is 0 Å². The molecule has 0 nitrogen and oxygen atoms in total. The fourth-order valence-corrected chi connectivity index (χ4v) is 12.2. The third kappa shape index (κ3) is 1.85. The van der Waals surface area contributed by atoms with Gasteiger partial charge in [-0.25, -0.2) is 0 Å². The van der Waals surface area contributed by atoms with Gasteiger partial charge < -0.3 is 0 Å². The van der Waals surface area contributed by atoms with Gasteiger partial charge in [0.25, 0.3) is 0 Å². The molecule has 3 rings (SSSR count). The number of hydrogen-bond acceptors (Lipinski definition) is 4. The van der Waals surface area contributed by atoms with Crippen LogP contribution in [0.2, 0.25) is 0 Å². The fourth-order valence-electron chi connectivity index (χ4n) is 2.49. The molecular weight excluding hydrogens is 248 g/mol. The second-order valence-electron chi connectivity index (χ2n) is 4.57. The average molecular weight is 265 g/mol. The molecule has 0 atom stereocenters. The topological polar surface area (TPSA) is 0 Å². The summed E-state index contributed by atoms with van der Waals surface area (Å²) in [5.41, 5.74) is 0. The van der Waals surface area contributed by atoms with Crippen LogP contribution in [0.3, 0.4) is 0 Å². The van der Waals surface area contributed by atoms with Crippen LogP contribution in [-0.4, -0.2) is 8.16 Å². The average Bonchev–Trinajstić information content (AvgIpc) is 2.81. The molecule has 2 aliphatic carbocycles. The summed E-state index contributed by atoms with van der Waals surface area (Å²) in [5.74, 6) is 0. The minimum absolute atomic E-state index is 0.614. The Morgan fingerprint density at radius 1 is 0.500 bits per heavy atom. The highest BCUT2D eigenvalue weighted by Gasteiger charge is 2.48. The Morgan fingerprint density at radius 2 is 0.786 bits per heavy atom. The summed E-state index contributed by atoms with van der Waals surface area (Å²) >= 11 is 0. The lowest BCUT2D eigenvalue weighted by molar-refractivity contribution is 0.837. The first-order valence-corrected chi connectivity index (χ1v) is 9.86. The summed E-state index contributed by atoms with van der Waals surface area (Å²) in [6.45, 7) is 0. The first-order chi connectivity index (χ1) is 6.83. The van der Waals surface area contributed by atoms with Gasteiger partial charge in [0.2, 0.25) is 0 Å². The summed E-state index contributed by atoms with van der Waals surface area (Å²) < 4.78 is 1.23. The normalized spacial score (nSPS) is 34.3. The van der Waals surface area contributed by atoms with Gasteiger partial charge in [0.05, 0.1) is 8.16 Å². The highest BCUT2D eigenvalue weighted by atomic mass is 33.2. The molecule has 0 unspecified atom stereocenters. The van der Waals surface area contributed by atoms with Crippen LogP contribution >= 0.6 is 43.2 Å². The summed E-state index contributed by atoms with van der Waals surface area (Å²) in [6.07, 6.45) is 11.7. The van der Waals surface area contributed by atoms with Gasteiger partial charge in [0.15, 0.2) is 0 Å². The van der Waals surface area contributed by atoms with Gasteiger partial charge in [-0.05, 0) is 25.7 Å². The van der Waals surface area contributed by atoms with Crippen molar-refractivity contribution in [1.29, 1.82) is 0 Å². The Balaban J connectivity index is 1.66. The van der Waals surface area contributed by atoms with E-state index in [-0.39, 0.29) is 0 Å². The zero-order valence-corrected chi connectivity index (χ0v) is 11.6. The van der Waals surface area contributed by atoms with Crippen molar-refractivity contribution in [3.8, 4) is 0 Å². The van der Waals surface area contributed by atoms with E-state index in [0.717, 1.165) is 0 Å². The quantitative estimate of drug-likeness (QED) is 0.544. The molecule has 2 saturated carbocycles. The van der Waals surface area contributed by atoms with Crippen molar-refractivity contribution in [3.63, 3.8) is 0 Å². The fraction of sp³-hybridized carbons (Fsp3) is 1.00. The van der Waals surface area contributed by atoms with E-state index in [1.54, 1.807) is 0 Å². The predicted octanol–water partition coefficient (Wildman–Crippen LogP) is 5.30. The summed E-state index contributed by atoms with van der Waals surface area (Å²) in [5, 5.41) is 0. The SMILES string of the molecule is C1CCC2(C1)SSC1(CCCC1)SS2. The van der Waals surface area contributed by atoms with Gasteiger partial charge in [-0.1, -0.05) is 68.9 Å². The van der Waals surface area contributed by atoms with E-state index in [4.69, 9.17) is 0 Å². The van der Waals surface area contributed by atoms with Crippen LogP contribution in [0.1, 0.15) is 51.4 Å². The zero-order valence-electron chi connectivity index (χ0n) is 8.29. The molecule has 14 heavy (non-hydrogen) atoms. The maximum atomic E-state index is 2.23. The lowest BCUT2D eigenvalue weighted by Gasteiger charge is -2.40. The molecule has 0 bridgehead atoms. The van der Waals surface area contributed by atoms with Gasteiger partial charge in [-0.3, -0.25) is 0 Å². The Labute approximate surface area is 102 Å². The standard InChI is InChI=1S/C10H16S4/c1-2-6-9(5-1)11-13-10(14-12-9)7-3-4-8-10/h1-8H2. The minimum atomic E-state index is 0.614. The Kier molecular flexibility index (Phi) is 3.02. The van der Waals surface area contributed by atoms with Crippen molar-refractivity contribution in [2.45, 2.75) is 59.5 Å². The van der Waals surface area contributed by atoms with E-state index in [1.807, 2.05) is 0 Å². The van der Waals surface area contributed by atoms with Crippen LogP contribution in [0.15, 0.2) is 0 Å². The first kappa shape index (κ1) is 10.5. The van der Waals surface area contributed by atoms with Crippen molar-refractivity contribution < 1.29 is 0 Å². The third-order valence-electron chi connectivity index (χ3n) is 3.42. The van der Waals surface area contributed by atoms with Crippen LogP contribution < -0.4 is 0 Å². The molecule has 3 fully saturated rings. The zero-order chi connectivity index (χ0) is 9.49. The third-order valence-corrected chi connectivity index (χ3v) is 13.0. The Bertz CT molecular complexity index is 180. The molecule has 0 amide bonds. The molecule has 0 radical (unpaired) electrons. The van der Waals surface area contributed by atoms with E-state index < -0.39 is 0 Å². The number of hydrogen-bond donors (Lipinski definition) is 0. The van der Waals surface area contributed by atoms with Crippen molar-refractivity contribution >= 4 is 43.2 Å². The monoisotopic (exact) mass is 264 g/mol. The molecule has 2 spiro atoms. The largest absolute Gasteiger partial charge is 0.0818 e. The number of rotatable bonds is 0. The smallest absolute Gasteiger partial charge is 0.0739 e. The Morgan fingerprint density at radius 3 is 1.07 bits per heavy atom. The summed E-state index contributed by atoms with van der Waals surface area (Å²) in [6, 6.07) is 0. The van der Waals surface area contributed by atoms with Crippen molar-refractivity contribution in [3.05, 3.63) is 0 Å². The second kappa shape index (κ2) is 4.01. The molecular formula is C10H16S4. The van der Waals surface area contributed by atoms with Crippen molar-refractivity contribution in [2.24, 2.45) is 0 Å². The van der Waals surface area contributed by atoms with Gasteiger partial charge in [-0.15, -0.1) is 0 Å². The molecule has 3 aliphatic rings. The van der Waals surface area contributed by atoms with Gasteiger partial charge in [0.1, 0.15) is 0 Å². The van der Waals surface area contributed by atoms with Crippen molar-refractivity contribution in [2.75, 3.05) is 0 Å². The van der Waals surface area contributed by atoms with E-state index in [1.165, 1.54) is 51.4 Å². The second-order valence-corrected chi connectivity index (χ2v) is 10.9. The molecule has 0 N–H and O–H groups in total. The highest BCUT2D eigenvalue weighted by Crippen LogP contribution is 2.72. The van der Waals surface area contributed by atoms with E-state index >= 15 is 0 Å².